The number of fused-ring (bicyclic) bond motifs is 1. The van der Waals surface area contributed by atoms with E-state index in [1.807, 2.05) is 0 Å². The van der Waals surface area contributed by atoms with Crippen molar-refractivity contribution in [2.75, 3.05) is 0 Å². The Balaban J connectivity index is 2.26. The van der Waals surface area contributed by atoms with Gasteiger partial charge in [-0.2, -0.15) is 0 Å². The summed E-state index contributed by atoms with van der Waals surface area (Å²) in [6, 6.07) is 12.0. The normalized spacial score (nSPS) is 13.9. The molecule has 155 valence electrons. The fourth-order valence-electron chi connectivity index (χ4n) is 4.29. The molecule has 1 aliphatic carbocycles. The Labute approximate surface area is 179 Å². The van der Waals surface area contributed by atoms with E-state index in [1.54, 1.807) is 0 Å². The molecule has 0 unspecified atom stereocenters. The predicted octanol–water partition coefficient (Wildman–Crippen LogP) is 9.04. The molecule has 0 saturated carbocycles. The summed E-state index contributed by atoms with van der Waals surface area (Å²) in [5.41, 5.74) is 11.6. The molecule has 0 N–H and O–H groups in total. The lowest BCUT2D eigenvalue weighted by Gasteiger charge is -2.26. The van der Waals surface area contributed by atoms with Crippen LogP contribution in [-0.2, 0) is 5.41 Å². The van der Waals surface area contributed by atoms with Crippen LogP contribution in [0, 0.1) is 6.42 Å². The molecule has 0 heteroatoms. The molecule has 0 bridgehead atoms. The molecule has 0 nitrogen and oxygen atoms in total. The van der Waals surface area contributed by atoms with Crippen LogP contribution in [0.15, 0.2) is 35.9 Å². The Kier molecular flexibility index (Phi) is 6.42. The van der Waals surface area contributed by atoms with Gasteiger partial charge in [0.05, 0.1) is 0 Å². The topological polar surface area (TPSA) is 0 Å². The summed E-state index contributed by atoms with van der Waals surface area (Å²) in [7, 11) is 0. The van der Waals surface area contributed by atoms with Crippen LogP contribution in [-0.4, -0.2) is 0 Å². The molecule has 2 aromatic rings. The van der Waals surface area contributed by atoms with E-state index in [0.29, 0.717) is 11.8 Å². The second-order valence-corrected chi connectivity index (χ2v) is 10.4. The van der Waals surface area contributed by atoms with Crippen molar-refractivity contribution in [2.45, 2.75) is 91.9 Å². The smallest absolute Gasteiger partial charge is 0.0164 e. The Morgan fingerprint density at radius 2 is 1.48 bits per heavy atom. The van der Waals surface area contributed by atoms with Crippen molar-refractivity contribution >= 4 is 6.08 Å². The molecule has 0 amide bonds. The minimum Gasteiger partial charge on any atom is -0.0654 e. The molecule has 1 radical (unpaired) electrons. The fraction of sp³-hybridized carbons (Fsp3) is 0.483. The quantitative estimate of drug-likeness (QED) is 0.463. The van der Waals surface area contributed by atoms with Crippen molar-refractivity contribution in [2.24, 2.45) is 0 Å². The molecule has 3 rings (SSSR count). The molecular formula is C29H39. The van der Waals surface area contributed by atoms with Gasteiger partial charge >= 0.3 is 0 Å². The van der Waals surface area contributed by atoms with Crippen LogP contribution in [0.1, 0.15) is 114 Å². The van der Waals surface area contributed by atoms with Gasteiger partial charge in [0.25, 0.3) is 0 Å². The molecule has 29 heavy (non-hydrogen) atoms. The van der Waals surface area contributed by atoms with Crippen molar-refractivity contribution in [3.8, 4) is 11.1 Å². The molecule has 0 atom stereocenters. The van der Waals surface area contributed by atoms with Gasteiger partial charge in [-0.3, -0.25) is 0 Å². The summed E-state index contributed by atoms with van der Waals surface area (Å²) >= 11 is 0. The molecule has 0 fully saturated rings. The highest BCUT2D eigenvalue weighted by molar-refractivity contribution is 5.86. The zero-order valence-corrected chi connectivity index (χ0v) is 19.8. The first-order chi connectivity index (χ1) is 13.6. The van der Waals surface area contributed by atoms with Gasteiger partial charge < -0.3 is 0 Å². The number of unbranched alkanes of at least 4 members (excludes halogenated alkanes) is 1. The maximum atomic E-state index is 2.46. The largest absolute Gasteiger partial charge is 0.0654 e. The molecule has 0 aromatic heterocycles. The predicted molar refractivity (Wildman–Crippen MR) is 130 cm³/mol. The molecular weight excluding hydrogens is 348 g/mol. The third-order valence-electron chi connectivity index (χ3n) is 6.18. The third-order valence-corrected chi connectivity index (χ3v) is 6.18. The van der Waals surface area contributed by atoms with Crippen LogP contribution in [0.5, 0.6) is 0 Å². The number of rotatable bonds is 6. The molecule has 0 saturated heterocycles. The fourth-order valence-corrected chi connectivity index (χ4v) is 4.29. The van der Waals surface area contributed by atoms with E-state index in [9.17, 15) is 0 Å². The van der Waals surface area contributed by atoms with Gasteiger partial charge in [0.15, 0.2) is 0 Å². The van der Waals surface area contributed by atoms with E-state index in [2.05, 4.69) is 98.2 Å². The second kappa shape index (κ2) is 8.50. The third kappa shape index (κ3) is 4.68. The van der Waals surface area contributed by atoms with Gasteiger partial charge in [0, 0.05) is 6.42 Å². The van der Waals surface area contributed by atoms with Crippen LogP contribution in [0.4, 0.5) is 0 Å². The monoisotopic (exact) mass is 387 g/mol. The van der Waals surface area contributed by atoms with Crippen LogP contribution < -0.4 is 0 Å². The standard InChI is InChI=1S/C29H39/c1-9-10-11-21-14-22-12-13-27(29(6,7)8)28(26(22)15-21)25-17-23(19(2)3)16-24(18-25)20(4)5/h12-20H,9-11H2,1-8H3. The average Bonchev–Trinajstić information content (AvgIpc) is 3.07. The molecule has 2 aromatic carbocycles. The van der Waals surface area contributed by atoms with Gasteiger partial charge in [-0.1, -0.05) is 104 Å². The van der Waals surface area contributed by atoms with E-state index < -0.39 is 0 Å². The summed E-state index contributed by atoms with van der Waals surface area (Å²) < 4.78 is 0. The highest BCUT2D eigenvalue weighted by Crippen LogP contribution is 2.43. The maximum absolute atomic E-state index is 2.46. The summed E-state index contributed by atoms with van der Waals surface area (Å²) in [4.78, 5) is 0. The maximum Gasteiger partial charge on any atom is 0.0164 e. The van der Waals surface area contributed by atoms with E-state index in [-0.39, 0.29) is 5.41 Å². The Morgan fingerprint density at radius 1 is 0.862 bits per heavy atom. The summed E-state index contributed by atoms with van der Waals surface area (Å²) in [5, 5.41) is 0. The van der Waals surface area contributed by atoms with Gasteiger partial charge in [-0.05, 0) is 69.0 Å². The van der Waals surface area contributed by atoms with Crippen molar-refractivity contribution in [1.29, 1.82) is 0 Å². The first-order valence-electron chi connectivity index (χ1n) is 11.5. The molecule has 0 heterocycles. The lowest BCUT2D eigenvalue weighted by molar-refractivity contribution is 0.592. The Bertz CT molecular complexity index is 874. The van der Waals surface area contributed by atoms with E-state index in [1.165, 1.54) is 63.8 Å². The summed E-state index contributed by atoms with van der Waals surface area (Å²) in [6.07, 6.45) is 8.57. The van der Waals surface area contributed by atoms with Gasteiger partial charge in [-0.15, -0.1) is 0 Å². The average molecular weight is 388 g/mol. The molecule has 1 aliphatic rings. The van der Waals surface area contributed by atoms with E-state index in [4.69, 9.17) is 0 Å². The lowest BCUT2D eigenvalue weighted by atomic mass is 9.78. The highest BCUT2D eigenvalue weighted by Gasteiger charge is 2.26. The van der Waals surface area contributed by atoms with Crippen molar-refractivity contribution < 1.29 is 0 Å². The van der Waals surface area contributed by atoms with Crippen LogP contribution in [0.25, 0.3) is 17.2 Å². The number of benzene rings is 2. The Morgan fingerprint density at radius 3 is 2.00 bits per heavy atom. The number of hydrogen-bond donors (Lipinski definition) is 0. The first kappa shape index (κ1) is 21.9. The van der Waals surface area contributed by atoms with Crippen molar-refractivity contribution in [3.05, 3.63) is 70.1 Å². The molecule has 0 aliphatic heterocycles. The molecule has 0 spiro atoms. The Hall–Kier alpha value is -1.82. The van der Waals surface area contributed by atoms with Gasteiger partial charge in [-0.25, -0.2) is 0 Å². The van der Waals surface area contributed by atoms with Crippen molar-refractivity contribution in [3.63, 3.8) is 0 Å². The van der Waals surface area contributed by atoms with Crippen molar-refractivity contribution in [1.82, 2.24) is 0 Å². The SMILES string of the molecule is CCCCC1=Cc2c(ccc(C(C)(C)C)c2-c2cc(C(C)C)cc(C(C)C)c2)[CH]1. The van der Waals surface area contributed by atoms with Crippen LogP contribution in [0.2, 0.25) is 0 Å². The minimum atomic E-state index is 0.107. The second-order valence-electron chi connectivity index (χ2n) is 10.4. The summed E-state index contributed by atoms with van der Waals surface area (Å²) in [5.74, 6) is 1.06. The summed E-state index contributed by atoms with van der Waals surface area (Å²) in [6.45, 7) is 18.5. The van der Waals surface area contributed by atoms with Crippen LogP contribution >= 0.6 is 0 Å². The first-order valence-corrected chi connectivity index (χ1v) is 11.5. The number of hydrogen-bond acceptors (Lipinski definition) is 0. The van der Waals surface area contributed by atoms with Crippen LogP contribution in [0.3, 0.4) is 0 Å². The minimum absolute atomic E-state index is 0.107. The van der Waals surface area contributed by atoms with E-state index in [0.717, 1.165) is 0 Å². The van der Waals surface area contributed by atoms with Gasteiger partial charge in [0.2, 0.25) is 0 Å². The zero-order valence-electron chi connectivity index (χ0n) is 19.8. The lowest BCUT2D eigenvalue weighted by Crippen LogP contribution is -2.14. The van der Waals surface area contributed by atoms with E-state index >= 15 is 0 Å². The zero-order chi connectivity index (χ0) is 21.3. The highest BCUT2D eigenvalue weighted by atomic mass is 14.3. The van der Waals surface area contributed by atoms with Gasteiger partial charge in [0.1, 0.15) is 0 Å². The number of allylic oxidation sites excluding steroid dienone is 1.